The molecule has 0 saturated carbocycles. The zero-order valence-electron chi connectivity index (χ0n) is 11.7. The van der Waals surface area contributed by atoms with Gasteiger partial charge >= 0.3 is 0 Å². The van der Waals surface area contributed by atoms with Crippen LogP contribution >= 0.6 is 0 Å². The molecule has 1 aromatic carbocycles. The van der Waals surface area contributed by atoms with E-state index in [0.717, 1.165) is 5.56 Å². The van der Waals surface area contributed by atoms with E-state index in [4.69, 9.17) is 0 Å². The molecule has 0 unspecified atom stereocenters. The van der Waals surface area contributed by atoms with Crippen molar-refractivity contribution in [1.82, 2.24) is 15.6 Å². The molecule has 5 heteroatoms. The lowest BCUT2D eigenvalue weighted by Gasteiger charge is -2.07. The second-order valence-corrected chi connectivity index (χ2v) is 4.65. The van der Waals surface area contributed by atoms with Crippen LogP contribution in [0.5, 0.6) is 0 Å². The summed E-state index contributed by atoms with van der Waals surface area (Å²) in [6.07, 6.45) is 3.92. The molecule has 21 heavy (non-hydrogen) atoms. The summed E-state index contributed by atoms with van der Waals surface area (Å²) in [7, 11) is 0. The standard InChI is InChI=1S/C16H18FN3O/c17-15-4-2-1-3-14(15)7-10-20-16(21)12-19-11-13-5-8-18-9-6-13/h1-6,8-9,19H,7,10-12H2,(H,20,21). The van der Waals surface area contributed by atoms with Crippen LogP contribution in [-0.4, -0.2) is 24.0 Å². The molecule has 1 heterocycles. The van der Waals surface area contributed by atoms with Crippen molar-refractivity contribution in [1.29, 1.82) is 0 Å². The van der Waals surface area contributed by atoms with Crippen molar-refractivity contribution in [2.75, 3.05) is 13.1 Å². The van der Waals surface area contributed by atoms with Gasteiger partial charge in [0.25, 0.3) is 0 Å². The first-order valence-corrected chi connectivity index (χ1v) is 6.85. The van der Waals surface area contributed by atoms with Crippen molar-refractivity contribution >= 4 is 5.91 Å². The highest BCUT2D eigenvalue weighted by atomic mass is 19.1. The lowest BCUT2D eigenvalue weighted by molar-refractivity contribution is -0.120. The van der Waals surface area contributed by atoms with Crippen LogP contribution in [0.4, 0.5) is 4.39 Å². The molecule has 0 aliphatic rings. The van der Waals surface area contributed by atoms with Gasteiger partial charge in [-0.25, -0.2) is 4.39 Å². The molecule has 0 aliphatic heterocycles. The third-order valence-electron chi connectivity index (χ3n) is 3.04. The summed E-state index contributed by atoms with van der Waals surface area (Å²) < 4.78 is 13.4. The largest absolute Gasteiger partial charge is 0.355 e. The van der Waals surface area contributed by atoms with Gasteiger partial charge in [-0.3, -0.25) is 9.78 Å². The smallest absolute Gasteiger partial charge is 0.233 e. The molecule has 0 fully saturated rings. The molecule has 2 N–H and O–H groups in total. The van der Waals surface area contributed by atoms with E-state index in [0.29, 0.717) is 25.1 Å². The molecular weight excluding hydrogens is 269 g/mol. The lowest BCUT2D eigenvalue weighted by atomic mass is 10.1. The third-order valence-corrected chi connectivity index (χ3v) is 3.04. The molecule has 2 aromatic rings. The van der Waals surface area contributed by atoms with Crippen LogP contribution in [0.1, 0.15) is 11.1 Å². The first-order valence-electron chi connectivity index (χ1n) is 6.85. The van der Waals surface area contributed by atoms with E-state index < -0.39 is 0 Å². The summed E-state index contributed by atoms with van der Waals surface area (Å²) in [5.41, 5.74) is 1.69. The maximum absolute atomic E-state index is 13.4. The maximum Gasteiger partial charge on any atom is 0.233 e. The zero-order chi connectivity index (χ0) is 14.9. The second-order valence-electron chi connectivity index (χ2n) is 4.65. The van der Waals surface area contributed by atoms with Gasteiger partial charge in [0.1, 0.15) is 5.82 Å². The quantitative estimate of drug-likeness (QED) is 0.814. The number of carbonyl (C=O) groups excluding carboxylic acids is 1. The summed E-state index contributed by atoms with van der Waals surface area (Å²) >= 11 is 0. The van der Waals surface area contributed by atoms with E-state index in [2.05, 4.69) is 15.6 Å². The fourth-order valence-corrected chi connectivity index (χ4v) is 1.92. The predicted molar refractivity (Wildman–Crippen MR) is 79.1 cm³/mol. The van der Waals surface area contributed by atoms with E-state index in [1.165, 1.54) is 6.07 Å². The number of pyridine rings is 1. The molecular formula is C16H18FN3O. The number of rotatable bonds is 7. The Morgan fingerprint density at radius 2 is 1.90 bits per heavy atom. The molecule has 0 atom stereocenters. The molecule has 0 aliphatic carbocycles. The average molecular weight is 287 g/mol. The highest BCUT2D eigenvalue weighted by Crippen LogP contribution is 2.05. The molecule has 0 saturated heterocycles. The second kappa shape index (κ2) is 8.11. The van der Waals surface area contributed by atoms with E-state index >= 15 is 0 Å². The van der Waals surface area contributed by atoms with Gasteiger partial charge in [-0.05, 0) is 35.7 Å². The van der Waals surface area contributed by atoms with Crippen molar-refractivity contribution in [3.63, 3.8) is 0 Å². The van der Waals surface area contributed by atoms with E-state index in [9.17, 15) is 9.18 Å². The Hall–Kier alpha value is -2.27. The Balaban J connectivity index is 1.63. The fourth-order valence-electron chi connectivity index (χ4n) is 1.92. The molecule has 0 spiro atoms. The van der Waals surface area contributed by atoms with Gasteiger partial charge in [-0.2, -0.15) is 0 Å². The van der Waals surface area contributed by atoms with Crippen LogP contribution in [0.15, 0.2) is 48.8 Å². The molecule has 0 radical (unpaired) electrons. The fraction of sp³-hybridized carbons (Fsp3) is 0.250. The number of hydrogen-bond acceptors (Lipinski definition) is 3. The van der Waals surface area contributed by atoms with Crippen LogP contribution in [-0.2, 0) is 17.8 Å². The van der Waals surface area contributed by atoms with Gasteiger partial charge in [0.05, 0.1) is 6.54 Å². The van der Waals surface area contributed by atoms with Crippen molar-refractivity contribution in [3.05, 3.63) is 65.7 Å². The predicted octanol–water partition coefficient (Wildman–Crippen LogP) is 1.67. The summed E-state index contributed by atoms with van der Waals surface area (Å²) in [4.78, 5) is 15.6. The molecule has 2 rings (SSSR count). The topological polar surface area (TPSA) is 54.0 Å². The maximum atomic E-state index is 13.4. The highest BCUT2D eigenvalue weighted by Gasteiger charge is 2.03. The summed E-state index contributed by atoms with van der Waals surface area (Å²) in [5.74, 6) is -0.331. The van der Waals surface area contributed by atoms with E-state index in [1.807, 2.05) is 12.1 Å². The van der Waals surface area contributed by atoms with Crippen LogP contribution in [0.2, 0.25) is 0 Å². The first kappa shape index (κ1) is 15.1. The molecule has 1 aromatic heterocycles. The molecule has 1 amide bonds. The number of nitrogens with one attached hydrogen (secondary N) is 2. The Bertz CT molecular complexity index is 575. The Morgan fingerprint density at radius 1 is 1.14 bits per heavy atom. The average Bonchev–Trinajstić information content (AvgIpc) is 2.50. The minimum atomic E-state index is -0.234. The SMILES string of the molecule is O=C(CNCc1ccncc1)NCCc1ccccc1F. The van der Waals surface area contributed by atoms with Gasteiger partial charge in [-0.15, -0.1) is 0 Å². The normalized spacial score (nSPS) is 10.3. The van der Waals surface area contributed by atoms with Crippen molar-refractivity contribution in [3.8, 4) is 0 Å². The van der Waals surface area contributed by atoms with E-state index in [-0.39, 0.29) is 18.3 Å². The molecule has 0 bridgehead atoms. The monoisotopic (exact) mass is 287 g/mol. The summed E-state index contributed by atoms with van der Waals surface area (Å²) in [6.45, 7) is 1.28. The van der Waals surface area contributed by atoms with Gasteiger partial charge in [0.2, 0.25) is 5.91 Å². The number of aromatic nitrogens is 1. The Morgan fingerprint density at radius 3 is 2.67 bits per heavy atom. The van der Waals surface area contributed by atoms with Gasteiger partial charge in [-0.1, -0.05) is 18.2 Å². The van der Waals surface area contributed by atoms with Gasteiger partial charge < -0.3 is 10.6 Å². The van der Waals surface area contributed by atoms with Crippen molar-refractivity contribution in [2.24, 2.45) is 0 Å². The van der Waals surface area contributed by atoms with Crippen molar-refractivity contribution < 1.29 is 9.18 Å². The number of carbonyl (C=O) groups is 1. The van der Waals surface area contributed by atoms with Crippen LogP contribution < -0.4 is 10.6 Å². The number of hydrogen-bond donors (Lipinski definition) is 2. The third kappa shape index (κ3) is 5.31. The number of amides is 1. The van der Waals surface area contributed by atoms with Crippen molar-refractivity contribution in [2.45, 2.75) is 13.0 Å². The highest BCUT2D eigenvalue weighted by molar-refractivity contribution is 5.77. The minimum Gasteiger partial charge on any atom is -0.355 e. The van der Waals surface area contributed by atoms with Gasteiger partial charge in [0.15, 0.2) is 0 Å². The zero-order valence-corrected chi connectivity index (χ0v) is 11.7. The molecule has 4 nitrogen and oxygen atoms in total. The Labute approximate surface area is 123 Å². The number of benzene rings is 1. The van der Waals surface area contributed by atoms with Crippen LogP contribution in [0.3, 0.4) is 0 Å². The summed E-state index contributed by atoms with van der Waals surface area (Å²) in [6, 6.07) is 10.4. The van der Waals surface area contributed by atoms with Gasteiger partial charge in [0, 0.05) is 25.5 Å². The number of halogens is 1. The lowest BCUT2D eigenvalue weighted by Crippen LogP contribution is -2.34. The molecule has 110 valence electrons. The van der Waals surface area contributed by atoms with Crippen LogP contribution in [0.25, 0.3) is 0 Å². The van der Waals surface area contributed by atoms with Crippen LogP contribution in [0, 0.1) is 5.82 Å². The first-order chi connectivity index (χ1) is 10.3. The summed E-state index contributed by atoms with van der Waals surface area (Å²) in [5, 5.41) is 5.81. The Kier molecular flexibility index (Phi) is 5.84. The van der Waals surface area contributed by atoms with E-state index in [1.54, 1.807) is 30.6 Å². The minimum absolute atomic E-state index is 0.0969. The number of nitrogens with zero attached hydrogens (tertiary/aromatic N) is 1.